The molecule has 0 aromatic carbocycles. The van der Waals surface area contributed by atoms with Crippen LogP contribution in [0, 0.1) is 15.8 Å². The molecule has 0 aliphatic rings. The van der Waals surface area contributed by atoms with Gasteiger partial charge in [-0.25, -0.2) is 0 Å². The van der Waals surface area contributed by atoms with Gasteiger partial charge in [0.15, 0.2) is 0 Å². The van der Waals surface area contributed by atoms with Crippen LogP contribution < -0.4 is 0 Å². The number of hydrogen-bond acceptors (Lipinski definition) is 0. The summed E-state index contributed by atoms with van der Waals surface area (Å²) in [4.78, 5) is 0. The molecule has 0 saturated carbocycles. The van der Waals surface area contributed by atoms with Crippen LogP contribution in [-0.2, 0) is 0 Å². The maximum atomic E-state index is 3.04. The van der Waals surface area contributed by atoms with Crippen LogP contribution >= 0.6 is 22.6 Å². The Morgan fingerprint density at radius 2 is 2.11 bits per heavy atom. The lowest BCUT2D eigenvalue weighted by Crippen LogP contribution is -1.84. The van der Waals surface area contributed by atoms with Gasteiger partial charge in [-0.05, 0) is 16.3 Å². The lowest BCUT2D eigenvalue weighted by molar-refractivity contribution is 0.563. The molecule has 0 amide bonds. The van der Waals surface area contributed by atoms with Crippen LogP contribution in [0.25, 0.3) is 0 Å². The summed E-state index contributed by atoms with van der Waals surface area (Å²) in [6, 6.07) is 0. The molecule has 0 fully saturated rings. The van der Waals surface area contributed by atoms with Gasteiger partial charge in [-0.15, -0.1) is 0 Å². The topological polar surface area (TPSA) is 0 Å². The quantitative estimate of drug-likeness (QED) is 0.401. The third-order valence-electron chi connectivity index (χ3n) is 1.15. The van der Waals surface area contributed by atoms with Crippen molar-refractivity contribution < 1.29 is 0 Å². The van der Waals surface area contributed by atoms with Gasteiger partial charge >= 0.3 is 0 Å². The van der Waals surface area contributed by atoms with Gasteiger partial charge in [-0.2, -0.15) is 0 Å². The average molecular weight is 236 g/mol. The Kier molecular flexibility index (Phi) is 6.62. The van der Waals surface area contributed by atoms with Crippen molar-refractivity contribution >= 4 is 22.6 Å². The van der Waals surface area contributed by atoms with Crippen molar-refractivity contribution in [3.05, 3.63) is 0 Å². The highest BCUT2D eigenvalue weighted by molar-refractivity contribution is 14.1. The van der Waals surface area contributed by atoms with Crippen LogP contribution in [0.2, 0.25) is 0 Å². The largest absolute Gasteiger partial charge is 0.0919 e. The Balaban J connectivity index is 2.98. The summed E-state index contributed by atoms with van der Waals surface area (Å²) in [6.07, 6.45) is 3.64. The molecule has 0 radical (unpaired) electrons. The van der Waals surface area contributed by atoms with E-state index in [-0.39, 0.29) is 0 Å². The van der Waals surface area contributed by atoms with Gasteiger partial charge in [-0.1, -0.05) is 26.2 Å². The SMILES string of the molecule is CC(C)CCCC#CI. The summed E-state index contributed by atoms with van der Waals surface area (Å²) in [5.41, 5.74) is 0. The molecule has 52 valence electrons. The third kappa shape index (κ3) is 8.29. The molecule has 0 rings (SSSR count). The monoisotopic (exact) mass is 236 g/mol. The molecule has 0 aromatic rings. The first-order chi connectivity index (χ1) is 4.27. The van der Waals surface area contributed by atoms with Gasteiger partial charge in [0, 0.05) is 29.0 Å². The maximum Gasteiger partial charge on any atom is 0.0181 e. The standard InChI is InChI=1S/C8H13I/c1-8(2)6-4-3-5-7-9/h8H,3-4,6H2,1-2H3. The minimum atomic E-state index is 0.834. The zero-order valence-corrected chi connectivity index (χ0v) is 8.23. The fraction of sp³-hybridized carbons (Fsp3) is 0.750. The normalized spacial score (nSPS) is 8.89. The van der Waals surface area contributed by atoms with Crippen molar-refractivity contribution in [3.8, 4) is 9.85 Å². The van der Waals surface area contributed by atoms with Crippen LogP contribution in [-0.4, -0.2) is 0 Å². The predicted octanol–water partition coefficient (Wildman–Crippen LogP) is 3.21. The third-order valence-corrected chi connectivity index (χ3v) is 1.53. The van der Waals surface area contributed by atoms with E-state index >= 15 is 0 Å². The van der Waals surface area contributed by atoms with E-state index in [1.807, 2.05) is 0 Å². The molecule has 9 heavy (non-hydrogen) atoms. The molecule has 0 aliphatic heterocycles. The molecule has 0 atom stereocenters. The predicted molar refractivity (Wildman–Crippen MR) is 50.5 cm³/mol. The smallest absolute Gasteiger partial charge is 0.0181 e. The summed E-state index contributed by atoms with van der Waals surface area (Å²) in [5, 5.41) is 0. The Labute approximate surface area is 71.6 Å². The minimum Gasteiger partial charge on any atom is -0.0919 e. The lowest BCUT2D eigenvalue weighted by Gasteiger charge is -1.98. The summed E-state index contributed by atoms with van der Waals surface area (Å²) < 4.78 is 2.86. The van der Waals surface area contributed by atoms with E-state index in [4.69, 9.17) is 0 Å². The molecular weight excluding hydrogens is 223 g/mol. The minimum absolute atomic E-state index is 0.834. The van der Waals surface area contributed by atoms with Crippen molar-refractivity contribution in [1.29, 1.82) is 0 Å². The molecule has 0 saturated heterocycles. The van der Waals surface area contributed by atoms with Gasteiger partial charge in [0.05, 0.1) is 0 Å². The Morgan fingerprint density at radius 1 is 1.44 bits per heavy atom. The Morgan fingerprint density at radius 3 is 2.56 bits per heavy atom. The zero-order chi connectivity index (χ0) is 7.11. The van der Waals surface area contributed by atoms with E-state index < -0.39 is 0 Å². The molecular formula is C8H13I. The second-order valence-electron chi connectivity index (χ2n) is 2.56. The van der Waals surface area contributed by atoms with Gasteiger partial charge in [0.25, 0.3) is 0 Å². The van der Waals surface area contributed by atoms with Crippen LogP contribution in [0.4, 0.5) is 0 Å². The van der Waals surface area contributed by atoms with E-state index in [0.29, 0.717) is 0 Å². The van der Waals surface area contributed by atoms with Gasteiger partial charge in [-0.3, -0.25) is 0 Å². The van der Waals surface area contributed by atoms with Gasteiger partial charge < -0.3 is 0 Å². The fourth-order valence-corrected chi connectivity index (χ4v) is 0.916. The summed E-state index contributed by atoms with van der Waals surface area (Å²) in [7, 11) is 0. The number of halogens is 1. The van der Waals surface area contributed by atoms with E-state index in [0.717, 1.165) is 12.3 Å². The molecule has 0 spiro atoms. The molecule has 0 N–H and O–H groups in total. The van der Waals surface area contributed by atoms with Crippen molar-refractivity contribution in [2.24, 2.45) is 5.92 Å². The first kappa shape index (κ1) is 9.29. The highest BCUT2D eigenvalue weighted by Crippen LogP contribution is 2.04. The molecule has 0 nitrogen and oxygen atoms in total. The van der Waals surface area contributed by atoms with Crippen LogP contribution in [0.5, 0.6) is 0 Å². The van der Waals surface area contributed by atoms with Gasteiger partial charge in [0.1, 0.15) is 0 Å². The average Bonchev–Trinajstić information content (AvgIpc) is 1.80. The zero-order valence-electron chi connectivity index (χ0n) is 6.08. The second kappa shape index (κ2) is 6.41. The summed E-state index contributed by atoms with van der Waals surface area (Å²) in [5.74, 6) is 3.87. The van der Waals surface area contributed by atoms with Crippen LogP contribution in [0.15, 0.2) is 0 Å². The summed E-state index contributed by atoms with van der Waals surface area (Å²) >= 11 is 2.08. The van der Waals surface area contributed by atoms with Crippen molar-refractivity contribution in [2.75, 3.05) is 0 Å². The van der Waals surface area contributed by atoms with Crippen molar-refractivity contribution in [3.63, 3.8) is 0 Å². The number of hydrogen-bond donors (Lipinski definition) is 0. The highest BCUT2D eigenvalue weighted by atomic mass is 127. The Hall–Kier alpha value is 0.290. The first-order valence-corrected chi connectivity index (χ1v) is 4.43. The van der Waals surface area contributed by atoms with Crippen LogP contribution in [0.3, 0.4) is 0 Å². The fourth-order valence-electron chi connectivity index (χ4n) is 0.646. The molecule has 1 heteroatoms. The lowest BCUT2D eigenvalue weighted by atomic mass is 10.1. The molecule has 0 heterocycles. The molecule has 0 bridgehead atoms. The highest BCUT2D eigenvalue weighted by Gasteiger charge is 1.90. The van der Waals surface area contributed by atoms with E-state index in [1.165, 1.54) is 12.8 Å². The Bertz CT molecular complexity index is 105. The summed E-state index contributed by atoms with van der Waals surface area (Å²) in [6.45, 7) is 4.50. The molecule has 0 aliphatic carbocycles. The van der Waals surface area contributed by atoms with E-state index in [9.17, 15) is 0 Å². The number of rotatable bonds is 3. The van der Waals surface area contributed by atoms with Crippen molar-refractivity contribution in [2.45, 2.75) is 33.1 Å². The van der Waals surface area contributed by atoms with Crippen LogP contribution in [0.1, 0.15) is 33.1 Å². The van der Waals surface area contributed by atoms with Gasteiger partial charge in [0.2, 0.25) is 0 Å². The van der Waals surface area contributed by atoms with E-state index in [1.54, 1.807) is 0 Å². The van der Waals surface area contributed by atoms with E-state index in [2.05, 4.69) is 46.3 Å². The molecule has 0 aromatic heterocycles. The maximum absolute atomic E-state index is 3.04. The molecule has 0 unspecified atom stereocenters. The van der Waals surface area contributed by atoms with Crippen molar-refractivity contribution in [1.82, 2.24) is 0 Å². The second-order valence-corrected chi connectivity index (χ2v) is 3.10. The first-order valence-electron chi connectivity index (χ1n) is 3.36. The number of unbranched alkanes of at least 4 members (excludes halogenated alkanes) is 1.